The number of benzene rings is 2. The summed E-state index contributed by atoms with van der Waals surface area (Å²) in [6.07, 6.45) is 1.56. The number of nitrogens with one attached hydrogen (secondary N) is 2. The Morgan fingerprint density at radius 3 is 2.66 bits per heavy atom. The van der Waals surface area contributed by atoms with Gasteiger partial charge in [-0.3, -0.25) is 14.0 Å². The van der Waals surface area contributed by atoms with E-state index in [4.69, 9.17) is 5.73 Å². The molecule has 0 unspecified atom stereocenters. The number of pyridine rings is 1. The summed E-state index contributed by atoms with van der Waals surface area (Å²) in [5, 5.41) is 5.71. The van der Waals surface area contributed by atoms with Crippen molar-refractivity contribution in [3.63, 3.8) is 0 Å². The van der Waals surface area contributed by atoms with Crippen molar-refractivity contribution in [1.29, 1.82) is 0 Å². The molecule has 0 aliphatic carbocycles. The molecule has 0 aliphatic heterocycles. The molecule has 180 valence electrons. The van der Waals surface area contributed by atoms with E-state index in [1.54, 1.807) is 16.7 Å². The number of methoxy groups -OCH3 is 1. The molecular formula is C25H23F2N5O3. The fourth-order valence-corrected chi connectivity index (χ4v) is 3.60. The molecule has 1 amide bonds. The highest BCUT2D eigenvalue weighted by Gasteiger charge is 2.20. The molecule has 10 heteroatoms. The highest BCUT2D eigenvalue weighted by Crippen LogP contribution is 2.31. The van der Waals surface area contributed by atoms with E-state index in [-0.39, 0.29) is 29.5 Å². The van der Waals surface area contributed by atoms with Gasteiger partial charge in [-0.2, -0.15) is 0 Å². The van der Waals surface area contributed by atoms with Crippen LogP contribution in [0.15, 0.2) is 60.8 Å². The molecule has 0 fully saturated rings. The third-order valence-electron chi connectivity index (χ3n) is 5.38. The molecule has 2 aromatic carbocycles. The molecule has 4 N–H and O–H groups in total. The standard InChI is InChI=1S/C25H23F2N5O3/c1-35-22(33)14-29-24-23(19-11-18(26)5-6-20(19)27)31-21-10-17(7-8-32(21)24)25(34)30-13-16-4-2-3-15(9-16)12-28/h2-11,29H,12-14,28H2,1H3,(H,30,34). The van der Waals surface area contributed by atoms with Crippen molar-refractivity contribution in [2.75, 3.05) is 19.0 Å². The number of amides is 1. The highest BCUT2D eigenvalue weighted by atomic mass is 19.1. The molecule has 0 atom stereocenters. The quantitative estimate of drug-likeness (QED) is 0.335. The van der Waals surface area contributed by atoms with Gasteiger partial charge in [-0.25, -0.2) is 13.8 Å². The third kappa shape index (κ3) is 5.28. The first-order valence-electron chi connectivity index (χ1n) is 10.7. The number of anilines is 1. The number of nitrogens with two attached hydrogens (primary N) is 1. The van der Waals surface area contributed by atoms with E-state index in [1.165, 1.54) is 13.2 Å². The van der Waals surface area contributed by atoms with Gasteiger partial charge in [-0.1, -0.05) is 24.3 Å². The van der Waals surface area contributed by atoms with Crippen LogP contribution in [-0.4, -0.2) is 34.9 Å². The van der Waals surface area contributed by atoms with E-state index in [2.05, 4.69) is 20.4 Å². The Labute approximate surface area is 199 Å². The minimum absolute atomic E-state index is 0.0852. The number of rotatable bonds is 8. The molecule has 0 bridgehead atoms. The summed E-state index contributed by atoms with van der Waals surface area (Å²) in [6, 6.07) is 13.7. The summed E-state index contributed by atoms with van der Waals surface area (Å²) in [6.45, 7) is 0.481. The van der Waals surface area contributed by atoms with Gasteiger partial charge in [0.1, 0.15) is 35.3 Å². The van der Waals surface area contributed by atoms with Gasteiger partial charge in [0.05, 0.1) is 7.11 Å². The van der Waals surface area contributed by atoms with Crippen LogP contribution >= 0.6 is 0 Å². The van der Waals surface area contributed by atoms with Gasteiger partial charge in [-0.15, -0.1) is 0 Å². The zero-order valence-corrected chi connectivity index (χ0v) is 18.8. The topological polar surface area (TPSA) is 111 Å². The fraction of sp³-hybridized carbons (Fsp3) is 0.160. The van der Waals surface area contributed by atoms with Crippen LogP contribution in [0.4, 0.5) is 14.6 Å². The lowest BCUT2D eigenvalue weighted by molar-refractivity contribution is -0.138. The van der Waals surface area contributed by atoms with Crippen LogP contribution in [0.5, 0.6) is 0 Å². The number of nitrogens with zero attached hydrogens (tertiary/aromatic N) is 2. The molecule has 35 heavy (non-hydrogen) atoms. The number of aromatic nitrogens is 2. The van der Waals surface area contributed by atoms with E-state index in [1.807, 2.05) is 24.3 Å². The van der Waals surface area contributed by atoms with Crippen molar-refractivity contribution in [2.24, 2.45) is 5.73 Å². The number of ether oxygens (including phenoxy) is 1. The Morgan fingerprint density at radius 2 is 1.89 bits per heavy atom. The number of esters is 1. The number of carbonyl (C=O) groups excluding carboxylic acids is 2. The van der Waals surface area contributed by atoms with Crippen LogP contribution in [0.2, 0.25) is 0 Å². The molecule has 4 rings (SSSR count). The smallest absolute Gasteiger partial charge is 0.325 e. The maximum absolute atomic E-state index is 14.5. The van der Waals surface area contributed by atoms with E-state index in [9.17, 15) is 18.4 Å². The largest absolute Gasteiger partial charge is 0.468 e. The van der Waals surface area contributed by atoms with Crippen molar-refractivity contribution in [2.45, 2.75) is 13.1 Å². The number of hydrogen-bond acceptors (Lipinski definition) is 6. The number of fused-ring (bicyclic) bond motifs is 1. The predicted molar refractivity (Wildman–Crippen MR) is 127 cm³/mol. The summed E-state index contributed by atoms with van der Waals surface area (Å²) in [7, 11) is 1.24. The normalized spacial score (nSPS) is 10.9. The monoisotopic (exact) mass is 479 g/mol. The van der Waals surface area contributed by atoms with Crippen LogP contribution in [0.1, 0.15) is 21.5 Å². The summed E-state index contributed by atoms with van der Waals surface area (Å²) in [5.41, 5.74) is 8.15. The van der Waals surface area contributed by atoms with Gasteiger partial charge in [0.15, 0.2) is 0 Å². The Hall–Kier alpha value is -4.31. The Balaban J connectivity index is 1.66. The lowest BCUT2D eigenvalue weighted by Gasteiger charge is -2.09. The summed E-state index contributed by atoms with van der Waals surface area (Å²) < 4.78 is 34.6. The average Bonchev–Trinajstić information content (AvgIpc) is 3.24. The SMILES string of the molecule is COC(=O)CNc1c(-c2cc(F)ccc2F)nc2cc(C(=O)NCc3cccc(CN)c3)ccn12. The maximum Gasteiger partial charge on any atom is 0.325 e. The van der Waals surface area contributed by atoms with E-state index < -0.39 is 17.6 Å². The molecule has 2 heterocycles. The van der Waals surface area contributed by atoms with Crippen LogP contribution in [0.25, 0.3) is 16.9 Å². The minimum atomic E-state index is -0.686. The van der Waals surface area contributed by atoms with Gasteiger partial charge in [0.2, 0.25) is 0 Å². The van der Waals surface area contributed by atoms with Crippen molar-refractivity contribution in [1.82, 2.24) is 14.7 Å². The molecule has 0 saturated carbocycles. The lowest BCUT2D eigenvalue weighted by Crippen LogP contribution is -2.23. The van der Waals surface area contributed by atoms with E-state index in [0.717, 1.165) is 29.3 Å². The second kappa shape index (κ2) is 10.3. The van der Waals surface area contributed by atoms with Crippen LogP contribution in [-0.2, 0) is 22.6 Å². The van der Waals surface area contributed by atoms with Gasteiger partial charge < -0.3 is 21.1 Å². The van der Waals surface area contributed by atoms with E-state index in [0.29, 0.717) is 24.3 Å². The Morgan fingerprint density at radius 1 is 1.09 bits per heavy atom. The van der Waals surface area contributed by atoms with Crippen molar-refractivity contribution in [3.05, 3.63) is 89.1 Å². The van der Waals surface area contributed by atoms with Gasteiger partial charge in [0.25, 0.3) is 5.91 Å². The van der Waals surface area contributed by atoms with Gasteiger partial charge in [0, 0.05) is 30.4 Å². The molecule has 2 aromatic heterocycles. The molecule has 0 radical (unpaired) electrons. The second-order valence-corrected chi connectivity index (χ2v) is 7.71. The maximum atomic E-state index is 14.5. The van der Waals surface area contributed by atoms with Crippen molar-refractivity contribution >= 4 is 23.3 Å². The zero-order chi connectivity index (χ0) is 24.9. The summed E-state index contributed by atoms with van der Waals surface area (Å²) in [4.78, 5) is 28.9. The lowest BCUT2D eigenvalue weighted by atomic mass is 10.1. The number of hydrogen-bond donors (Lipinski definition) is 3. The minimum Gasteiger partial charge on any atom is -0.468 e. The Bertz CT molecular complexity index is 1400. The predicted octanol–water partition coefficient (Wildman–Crippen LogP) is 3.25. The summed E-state index contributed by atoms with van der Waals surface area (Å²) in [5.74, 6) is -1.97. The fourth-order valence-electron chi connectivity index (χ4n) is 3.60. The molecular weight excluding hydrogens is 456 g/mol. The first-order chi connectivity index (χ1) is 16.9. The molecule has 8 nitrogen and oxygen atoms in total. The van der Waals surface area contributed by atoms with Crippen molar-refractivity contribution in [3.8, 4) is 11.3 Å². The molecule has 0 spiro atoms. The highest BCUT2D eigenvalue weighted by molar-refractivity contribution is 5.95. The van der Waals surface area contributed by atoms with Gasteiger partial charge >= 0.3 is 5.97 Å². The summed E-state index contributed by atoms with van der Waals surface area (Å²) >= 11 is 0. The Kier molecular flexibility index (Phi) is 7.02. The number of halogens is 2. The van der Waals surface area contributed by atoms with Gasteiger partial charge in [-0.05, 0) is 41.5 Å². The number of carbonyl (C=O) groups is 2. The first-order valence-corrected chi connectivity index (χ1v) is 10.7. The van der Waals surface area contributed by atoms with Crippen LogP contribution < -0.4 is 16.4 Å². The van der Waals surface area contributed by atoms with Crippen molar-refractivity contribution < 1.29 is 23.1 Å². The molecule has 0 saturated heterocycles. The molecule has 0 aliphatic rings. The molecule has 4 aromatic rings. The first kappa shape index (κ1) is 23.8. The van der Waals surface area contributed by atoms with E-state index >= 15 is 0 Å². The average molecular weight is 479 g/mol. The van der Waals surface area contributed by atoms with Crippen LogP contribution in [0.3, 0.4) is 0 Å². The zero-order valence-electron chi connectivity index (χ0n) is 18.8. The third-order valence-corrected chi connectivity index (χ3v) is 5.38. The van der Waals surface area contributed by atoms with Crippen LogP contribution in [0, 0.1) is 11.6 Å². The number of imidazole rings is 1. The second-order valence-electron chi connectivity index (χ2n) is 7.71.